The van der Waals surface area contributed by atoms with Crippen molar-refractivity contribution < 1.29 is 22.7 Å². The molecule has 8 nitrogen and oxygen atoms in total. The lowest BCUT2D eigenvalue weighted by atomic mass is 9.88. The number of aryl methyl sites for hydroxylation is 3. The third kappa shape index (κ3) is 6.19. The largest absolute Gasteiger partial charge is 0.494 e. The Balaban J connectivity index is 1.68. The molecular formula is C29H33F3N6O2. The molecule has 0 fully saturated rings. The third-order valence-corrected chi connectivity index (χ3v) is 6.81. The molecule has 4 aromatic rings. The first-order chi connectivity index (χ1) is 18.7. The fourth-order valence-electron chi connectivity index (χ4n) is 4.33. The van der Waals surface area contributed by atoms with E-state index in [2.05, 4.69) is 20.7 Å². The summed E-state index contributed by atoms with van der Waals surface area (Å²) in [5.41, 5.74) is 3.45. The predicted molar refractivity (Wildman–Crippen MR) is 147 cm³/mol. The maximum atomic E-state index is 13.8. The average molecular weight is 555 g/mol. The third-order valence-electron chi connectivity index (χ3n) is 6.81. The number of anilines is 1. The summed E-state index contributed by atoms with van der Waals surface area (Å²) in [7, 11) is 3.22. The highest BCUT2D eigenvalue weighted by Crippen LogP contribution is 2.39. The minimum Gasteiger partial charge on any atom is -0.494 e. The Kier molecular flexibility index (Phi) is 7.78. The first kappa shape index (κ1) is 28.8. The van der Waals surface area contributed by atoms with Crippen LogP contribution in [0.25, 0.3) is 16.9 Å². The molecule has 0 unspecified atom stereocenters. The molecule has 0 aliphatic rings. The van der Waals surface area contributed by atoms with E-state index in [0.29, 0.717) is 29.8 Å². The lowest BCUT2D eigenvalue weighted by Crippen LogP contribution is -2.16. The summed E-state index contributed by atoms with van der Waals surface area (Å²) in [6.45, 7) is 9.83. The van der Waals surface area contributed by atoms with Crippen LogP contribution in [0.2, 0.25) is 0 Å². The summed E-state index contributed by atoms with van der Waals surface area (Å²) >= 11 is 0. The Morgan fingerprint density at radius 2 is 1.82 bits per heavy atom. The monoisotopic (exact) mass is 554 g/mol. The molecule has 0 bridgehead atoms. The molecule has 0 aliphatic heterocycles. The van der Waals surface area contributed by atoms with Crippen molar-refractivity contribution in [2.45, 2.75) is 53.6 Å². The fraction of sp³-hybridized carbons (Fsp3) is 0.379. The number of amides is 1. The Labute approximate surface area is 231 Å². The van der Waals surface area contributed by atoms with Gasteiger partial charge in [-0.1, -0.05) is 32.1 Å². The van der Waals surface area contributed by atoms with Crippen molar-refractivity contribution >= 4 is 11.6 Å². The molecule has 11 heteroatoms. The molecule has 2 aromatic carbocycles. The summed E-state index contributed by atoms with van der Waals surface area (Å²) in [5.74, 6) is -0.366. The van der Waals surface area contributed by atoms with E-state index >= 15 is 0 Å². The summed E-state index contributed by atoms with van der Waals surface area (Å²) in [4.78, 5) is 13.3. The van der Waals surface area contributed by atoms with Crippen LogP contribution in [0.3, 0.4) is 0 Å². The van der Waals surface area contributed by atoms with Crippen LogP contribution in [0, 0.1) is 19.3 Å². The second kappa shape index (κ2) is 10.8. The number of hydrogen-bond acceptors (Lipinski definition) is 5. The van der Waals surface area contributed by atoms with E-state index in [0.717, 1.165) is 29.0 Å². The van der Waals surface area contributed by atoms with Crippen LogP contribution in [-0.2, 0) is 19.6 Å². The fourth-order valence-corrected chi connectivity index (χ4v) is 4.33. The highest BCUT2D eigenvalue weighted by Gasteiger charge is 2.33. The molecule has 40 heavy (non-hydrogen) atoms. The number of benzene rings is 2. The number of nitrogens with one attached hydrogen (secondary N) is 1. The molecule has 0 saturated heterocycles. The van der Waals surface area contributed by atoms with Gasteiger partial charge in [-0.3, -0.25) is 9.48 Å². The van der Waals surface area contributed by atoms with Crippen LogP contribution in [0.4, 0.5) is 18.9 Å². The summed E-state index contributed by atoms with van der Waals surface area (Å²) in [6, 6.07) is 6.99. The van der Waals surface area contributed by atoms with Crippen LogP contribution in [-0.4, -0.2) is 37.8 Å². The standard InChI is InChI=1S/C29H33F3N6O2/c1-17-8-9-20(13-25(17)38-16-24(35-36-38)22-15-33-37(6)18(22)2)27(39)34-23-14-21(29(30,31)32)12-19(26(23)40-7)10-11-28(3,4)5/h8-9,12-16H,10-11H2,1-7H3,(H,34,39). The molecule has 0 aliphatic carbocycles. The van der Waals surface area contributed by atoms with Crippen LogP contribution < -0.4 is 10.1 Å². The Morgan fingerprint density at radius 1 is 1.10 bits per heavy atom. The average Bonchev–Trinajstić information content (AvgIpc) is 3.48. The lowest BCUT2D eigenvalue weighted by molar-refractivity contribution is -0.137. The van der Waals surface area contributed by atoms with Crippen molar-refractivity contribution in [1.82, 2.24) is 24.8 Å². The molecule has 0 spiro atoms. The van der Waals surface area contributed by atoms with Gasteiger partial charge < -0.3 is 10.1 Å². The maximum absolute atomic E-state index is 13.8. The topological polar surface area (TPSA) is 86.9 Å². The van der Waals surface area contributed by atoms with E-state index in [1.807, 2.05) is 41.7 Å². The van der Waals surface area contributed by atoms with Gasteiger partial charge in [0.05, 0.1) is 36.4 Å². The van der Waals surface area contributed by atoms with E-state index in [4.69, 9.17) is 4.74 Å². The van der Waals surface area contributed by atoms with Crippen molar-refractivity contribution in [2.75, 3.05) is 12.4 Å². The minimum absolute atomic E-state index is 0.0385. The number of nitrogens with zero attached hydrogens (tertiary/aromatic N) is 5. The molecule has 1 N–H and O–H groups in total. The molecule has 0 atom stereocenters. The van der Waals surface area contributed by atoms with Crippen molar-refractivity contribution in [3.8, 4) is 22.7 Å². The van der Waals surface area contributed by atoms with Gasteiger partial charge in [-0.15, -0.1) is 5.10 Å². The Morgan fingerprint density at radius 3 is 2.42 bits per heavy atom. The Bertz CT molecular complexity index is 1550. The number of methoxy groups -OCH3 is 1. The van der Waals surface area contributed by atoms with Gasteiger partial charge in [-0.05, 0) is 67.5 Å². The van der Waals surface area contributed by atoms with Gasteiger partial charge in [0.1, 0.15) is 11.4 Å². The second-order valence-corrected chi connectivity index (χ2v) is 11.0. The van der Waals surface area contributed by atoms with Gasteiger partial charge in [-0.25, -0.2) is 4.68 Å². The van der Waals surface area contributed by atoms with Gasteiger partial charge in [0, 0.05) is 23.9 Å². The first-order valence-corrected chi connectivity index (χ1v) is 12.8. The van der Waals surface area contributed by atoms with Gasteiger partial charge >= 0.3 is 6.18 Å². The van der Waals surface area contributed by atoms with Gasteiger partial charge in [0.25, 0.3) is 5.91 Å². The number of carbonyl (C=O) groups excluding carboxylic acids is 1. The van der Waals surface area contributed by atoms with Gasteiger partial charge in [-0.2, -0.15) is 18.3 Å². The van der Waals surface area contributed by atoms with E-state index in [9.17, 15) is 18.0 Å². The van der Waals surface area contributed by atoms with Gasteiger partial charge in [0.15, 0.2) is 0 Å². The minimum atomic E-state index is -4.59. The van der Waals surface area contributed by atoms with E-state index in [1.54, 1.807) is 40.0 Å². The zero-order chi connectivity index (χ0) is 29.4. The molecule has 2 aromatic heterocycles. The maximum Gasteiger partial charge on any atom is 0.416 e. The smallest absolute Gasteiger partial charge is 0.416 e. The van der Waals surface area contributed by atoms with Crippen LogP contribution in [0.5, 0.6) is 5.75 Å². The first-order valence-electron chi connectivity index (χ1n) is 12.8. The van der Waals surface area contributed by atoms with Crippen LogP contribution in [0.15, 0.2) is 42.7 Å². The molecule has 1 amide bonds. The highest BCUT2D eigenvalue weighted by molar-refractivity contribution is 6.05. The van der Waals surface area contributed by atoms with Crippen molar-refractivity contribution in [3.63, 3.8) is 0 Å². The van der Waals surface area contributed by atoms with Crippen molar-refractivity contribution in [3.05, 3.63) is 70.7 Å². The zero-order valence-electron chi connectivity index (χ0n) is 23.6. The summed E-state index contributed by atoms with van der Waals surface area (Å²) in [5, 5.41) is 15.4. The van der Waals surface area contributed by atoms with Crippen LogP contribution in [0.1, 0.15) is 59.9 Å². The van der Waals surface area contributed by atoms with E-state index in [-0.39, 0.29) is 22.4 Å². The molecule has 0 radical (unpaired) electrons. The number of halogens is 3. The van der Waals surface area contributed by atoms with Crippen molar-refractivity contribution in [2.24, 2.45) is 12.5 Å². The molecular weight excluding hydrogens is 521 g/mol. The van der Waals surface area contributed by atoms with E-state index in [1.165, 1.54) is 7.11 Å². The SMILES string of the molecule is COc1c(CCC(C)(C)C)cc(C(F)(F)F)cc1NC(=O)c1ccc(C)c(-n2cc(-c3cnn(C)c3C)nn2)c1. The normalized spacial score (nSPS) is 12.1. The number of carbonyl (C=O) groups is 1. The summed E-state index contributed by atoms with van der Waals surface area (Å²) in [6.07, 6.45) is -0.141. The number of alkyl halides is 3. The lowest BCUT2D eigenvalue weighted by Gasteiger charge is -2.21. The zero-order valence-corrected chi connectivity index (χ0v) is 23.6. The molecule has 4 rings (SSSR count). The quantitative estimate of drug-likeness (QED) is 0.280. The molecule has 2 heterocycles. The van der Waals surface area contributed by atoms with Crippen molar-refractivity contribution in [1.29, 1.82) is 0 Å². The number of ether oxygens (including phenoxy) is 1. The Hall–Kier alpha value is -4.15. The number of aromatic nitrogens is 5. The van der Waals surface area contributed by atoms with Crippen LogP contribution >= 0.6 is 0 Å². The second-order valence-electron chi connectivity index (χ2n) is 11.0. The van der Waals surface area contributed by atoms with E-state index < -0.39 is 17.6 Å². The molecule has 212 valence electrons. The highest BCUT2D eigenvalue weighted by atomic mass is 19.4. The molecule has 0 saturated carbocycles. The number of rotatable bonds is 7. The van der Waals surface area contributed by atoms with Gasteiger partial charge in [0.2, 0.25) is 0 Å². The summed E-state index contributed by atoms with van der Waals surface area (Å²) < 4.78 is 50.1. The predicted octanol–water partition coefficient (Wildman–Crippen LogP) is 6.54. The number of hydrogen-bond donors (Lipinski definition) is 1.